The molecule has 1 amide bonds. The predicted molar refractivity (Wildman–Crippen MR) is 78.7 cm³/mol. The van der Waals surface area contributed by atoms with Crippen molar-refractivity contribution < 1.29 is 4.79 Å². The van der Waals surface area contributed by atoms with Gasteiger partial charge in [-0.2, -0.15) is 0 Å². The lowest BCUT2D eigenvalue weighted by atomic mass is 9.85. The normalized spacial score (nSPS) is 11.3. The summed E-state index contributed by atoms with van der Waals surface area (Å²) in [5.41, 5.74) is 1.11. The molecule has 0 bridgehead atoms. The second-order valence-corrected chi connectivity index (χ2v) is 5.82. The molecule has 0 radical (unpaired) electrons. The highest BCUT2D eigenvalue weighted by molar-refractivity contribution is 5.76. The van der Waals surface area contributed by atoms with Crippen molar-refractivity contribution in [2.24, 2.45) is 17.8 Å². The van der Waals surface area contributed by atoms with E-state index in [1.165, 1.54) is 0 Å². The molecule has 1 rings (SSSR count). The van der Waals surface area contributed by atoms with E-state index in [1.54, 1.807) is 6.20 Å². The van der Waals surface area contributed by atoms with E-state index >= 15 is 0 Å². The van der Waals surface area contributed by atoms with Crippen LogP contribution in [0, 0.1) is 17.8 Å². The van der Waals surface area contributed by atoms with E-state index in [-0.39, 0.29) is 5.91 Å². The topological polar surface area (TPSA) is 42.0 Å². The van der Waals surface area contributed by atoms with Gasteiger partial charge in [-0.3, -0.25) is 9.78 Å². The molecule has 0 unspecified atom stereocenters. The lowest BCUT2D eigenvalue weighted by Gasteiger charge is -2.25. The third-order valence-electron chi connectivity index (χ3n) is 3.61. The molecular weight excluding hydrogens is 236 g/mol. The highest BCUT2D eigenvalue weighted by atomic mass is 16.1. The number of nitrogens with zero attached hydrogens (tertiary/aromatic N) is 1. The summed E-state index contributed by atoms with van der Waals surface area (Å²) in [6.07, 6.45) is 4.86. The van der Waals surface area contributed by atoms with Gasteiger partial charge >= 0.3 is 0 Å². The summed E-state index contributed by atoms with van der Waals surface area (Å²) in [5, 5.41) is 3.06. The Morgan fingerprint density at radius 2 is 1.95 bits per heavy atom. The first kappa shape index (κ1) is 15.7. The fourth-order valence-corrected chi connectivity index (χ4v) is 2.37. The maximum atomic E-state index is 11.8. The summed E-state index contributed by atoms with van der Waals surface area (Å²) in [5.74, 6) is 1.87. The standard InChI is InChI=1S/C16H26N2O/c1-12(2)15(13(3)4)11-18-16(19)8-7-14-6-5-9-17-10-14/h5-6,9-10,12-13,15H,7-8,11H2,1-4H3,(H,18,19). The molecule has 0 saturated carbocycles. The van der Waals surface area contributed by atoms with Crippen molar-refractivity contribution in [1.29, 1.82) is 0 Å². The van der Waals surface area contributed by atoms with Crippen LogP contribution in [0.4, 0.5) is 0 Å². The van der Waals surface area contributed by atoms with E-state index in [9.17, 15) is 4.79 Å². The molecule has 1 aromatic heterocycles. The molecule has 1 N–H and O–H groups in total. The molecular formula is C16H26N2O. The minimum Gasteiger partial charge on any atom is -0.356 e. The highest BCUT2D eigenvalue weighted by Crippen LogP contribution is 2.19. The van der Waals surface area contributed by atoms with Crippen molar-refractivity contribution in [2.45, 2.75) is 40.5 Å². The first-order valence-electron chi connectivity index (χ1n) is 7.16. The smallest absolute Gasteiger partial charge is 0.220 e. The third-order valence-corrected chi connectivity index (χ3v) is 3.61. The van der Waals surface area contributed by atoms with Gasteiger partial charge in [-0.15, -0.1) is 0 Å². The molecule has 3 heteroatoms. The summed E-state index contributed by atoms with van der Waals surface area (Å²) in [6.45, 7) is 9.64. The Kier molecular flexibility index (Phi) is 6.54. The van der Waals surface area contributed by atoms with Crippen LogP contribution in [0.25, 0.3) is 0 Å². The van der Waals surface area contributed by atoms with Gasteiger partial charge in [-0.25, -0.2) is 0 Å². The first-order chi connectivity index (χ1) is 9.00. The summed E-state index contributed by atoms with van der Waals surface area (Å²) in [7, 11) is 0. The molecule has 0 saturated heterocycles. The summed E-state index contributed by atoms with van der Waals surface area (Å²) in [4.78, 5) is 15.9. The summed E-state index contributed by atoms with van der Waals surface area (Å²) >= 11 is 0. The van der Waals surface area contributed by atoms with Crippen LogP contribution in [-0.2, 0) is 11.2 Å². The van der Waals surface area contributed by atoms with Crippen LogP contribution in [0.15, 0.2) is 24.5 Å². The van der Waals surface area contributed by atoms with Crippen molar-refractivity contribution in [2.75, 3.05) is 6.54 Å². The second-order valence-electron chi connectivity index (χ2n) is 5.82. The van der Waals surface area contributed by atoms with Crippen molar-refractivity contribution >= 4 is 5.91 Å². The van der Waals surface area contributed by atoms with Gasteiger partial charge in [-0.1, -0.05) is 33.8 Å². The van der Waals surface area contributed by atoms with Crippen molar-refractivity contribution in [3.63, 3.8) is 0 Å². The average Bonchev–Trinajstić information content (AvgIpc) is 2.37. The van der Waals surface area contributed by atoms with Crippen LogP contribution in [0.2, 0.25) is 0 Å². The number of nitrogens with one attached hydrogen (secondary N) is 1. The van der Waals surface area contributed by atoms with Gasteiger partial charge < -0.3 is 5.32 Å². The maximum absolute atomic E-state index is 11.8. The lowest BCUT2D eigenvalue weighted by Crippen LogP contribution is -2.34. The highest BCUT2D eigenvalue weighted by Gasteiger charge is 2.17. The third kappa shape index (κ3) is 5.86. The van der Waals surface area contributed by atoms with Crippen molar-refractivity contribution in [3.05, 3.63) is 30.1 Å². The molecule has 0 fully saturated rings. The predicted octanol–water partition coefficient (Wildman–Crippen LogP) is 3.06. The number of carbonyl (C=O) groups excluding carboxylic acids is 1. The Balaban J connectivity index is 2.31. The molecule has 19 heavy (non-hydrogen) atoms. The van der Waals surface area contributed by atoms with Crippen molar-refractivity contribution in [3.8, 4) is 0 Å². The zero-order valence-corrected chi connectivity index (χ0v) is 12.5. The van der Waals surface area contributed by atoms with Gasteiger partial charge in [0, 0.05) is 25.4 Å². The number of aromatic nitrogens is 1. The molecule has 0 spiro atoms. The number of hydrogen-bond acceptors (Lipinski definition) is 2. The molecule has 0 aliphatic rings. The van der Waals surface area contributed by atoms with E-state index in [1.807, 2.05) is 18.3 Å². The van der Waals surface area contributed by atoms with E-state index in [4.69, 9.17) is 0 Å². The number of hydrogen-bond donors (Lipinski definition) is 1. The quantitative estimate of drug-likeness (QED) is 0.820. The molecule has 1 heterocycles. The Morgan fingerprint density at radius 3 is 2.47 bits per heavy atom. The fourth-order valence-electron chi connectivity index (χ4n) is 2.37. The Labute approximate surface area is 116 Å². The number of pyridine rings is 1. The van der Waals surface area contributed by atoms with Gasteiger partial charge in [0.05, 0.1) is 0 Å². The number of amides is 1. The van der Waals surface area contributed by atoms with Gasteiger partial charge in [0.25, 0.3) is 0 Å². The minimum atomic E-state index is 0.134. The zero-order valence-electron chi connectivity index (χ0n) is 12.5. The van der Waals surface area contributed by atoms with E-state index in [2.05, 4.69) is 38.0 Å². The molecule has 1 aromatic rings. The van der Waals surface area contributed by atoms with Gasteiger partial charge in [0.2, 0.25) is 5.91 Å². The monoisotopic (exact) mass is 262 g/mol. The second kappa shape index (κ2) is 7.93. The van der Waals surface area contributed by atoms with Crippen LogP contribution in [0.5, 0.6) is 0 Å². The van der Waals surface area contributed by atoms with Crippen molar-refractivity contribution in [1.82, 2.24) is 10.3 Å². The number of aryl methyl sites for hydroxylation is 1. The summed E-state index contributed by atoms with van der Waals surface area (Å²) < 4.78 is 0. The molecule has 0 aromatic carbocycles. The average molecular weight is 262 g/mol. The molecule has 3 nitrogen and oxygen atoms in total. The van der Waals surface area contributed by atoms with Crippen LogP contribution >= 0.6 is 0 Å². The van der Waals surface area contributed by atoms with Crippen LogP contribution in [-0.4, -0.2) is 17.4 Å². The Hall–Kier alpha value is -1.38. The number of rotatable bonds is 7. The van der Waals surface area contributed by atoms with E-state index in [0.29, 0.717) is 24.2 Å². The zero-order chi connectivity index (χ0) is 14.3. The van der Waals surface area contributed by atoms with Gasteiger partial charge in [-0.05, 0) is 35.8 Å². The largest absolute Gasteiger partial charge is 0.356 e. The fraction of sp³-hybridized carbons (Fsp3) is 0.625. The maximum Gasteiger partial charge on any atom is 0.220 e. The van der Waals surface area contributed by atoms with Crippen LogP contribution in [0.3, 0.4) is 0 Å². The van der Waals surface area contributed by atoms with E-state index < -0.39 is 0 Å². The first-order valence-corrected chi connectivity index (χ1v) is 7.16. The Morgan fingerprint density at radius 1 is 1.26 bits per heavy atom. The van der Waals surface area contributed by atoms with Crippen LogP contribution < -0.4 is 5.32 Å². The lowest BCUT2D eigenvalue weighted by molar-refractivity contribution is -0.121. The Bertz CT molecular complexity index is 366. The molecule has 0 aliphatic heterocycles. The number of carbonyl (C=O) groups is 1. The van der Waals surface area contributed by atoms with Crippen LogP contribution in [0.1, 0.15) is 39.7 Å². The molecule has 106 valence electrons. The molecule has 0 atom stereocenters. The minimum absolute atomic E-state index is 0.134. The van der Waals surface area contributed by atoms with E-state index in [0.717, 1.165) is 18.5 Å². The summed E-state index contributed by atoms with van der Waals surface area (Å²) in [6, 6.07) is 3.91. The van der Waals surface area contributed by atoms with Gasteiger partial charge in [0.1, 0.15) is 0 Å². The molecule has 0 aliphatic carbocycles. The SMILES string of the molecule is CC(C)C(CNC(=O)CCc1cccnc1)C(C)C. The van der Waals surface area contributed by atoms with Gasteiger partial charge in [0.15, 0.2) is 0 Å².